The number of rotatable bonds is 5. The van der Waals surface area contributed by atoms with Crippen molar-refractivity contribution >= 4 is 63.0 Å². The van der Waals surface area contributed by atoms with Crippen LogP contribution in [0, 0.1) is 5.92 Å². The third-order valence-electron chi connectivity index (χ3n) is 4.80. The highest BCUT2D eigenvalue weighted by molar-refractivity contribution is 8.18. The average molecular weight is 465 g/mol. The molecule has 1 aromatic heterocycles. The van der Waals surface area contributed by atoms with Crippen molar-refractivity contribution in [3.8, 4) is 0 Å². The molecule has 0 bridgehead atoms. The number of aromatic nitrogens is 1. The summed E-state index contributed by atoms with van der Waals surface area (Å²) in [6.45, 7) is 4.07. The lowest BCUT2D eigenvalue weighted by Gasteiger charge is -2.09. The number of halogens is 1. The second-order valence-corrected chi connectivity index (χ2v) is 9.03. The van der Waals surface area contributed by atoms with E-state index in [-0.39, 0.29) is 17.7 Å². The smallest absolute Gasteiger partial charge is 0.264 e. The molecule has 2 heterocycles. The second kappa shape index (κ2) is 9.54. The fourth-order valence-corrected chi connectivity index (χ4v) is 4.07. The maximum absolute atomic E-state index is 12.5. The third kappa shape index (κ3) is 5.18. The predicted octanol–water partition coefficient (Wildman–Crippen LogP) is 5.05. The number of nitrogens with zero attached hydrogens (tertiary/aromatic N) is 2. The van der Waals surface area contributed by atoms with Gasteiger partial charge in [0.05, 0.1) is 21.1 Å². The first kappa shape index (κ1) is 22.0. The summed E-state index contributed by atoms with van der Waals surface area (Å²) in [5.41, 5.74) is 3.21. The molecule has 32 heavy (non-hydrogen) atoms. The van der Waals surface area contributed by atoms with E-state index < -0.39 is 0 Å². The van der Waals surface area contributed by atoms with Crippen molar-refractivity contribution in [2.45, 2.75) is 20.4 Å². The molecule has 8 heteroatoms. The molecule has 0 atom stereocenters. The van der Waals surface area contributed by atoms with Gasteiger partial charge in [0, 0.05) is 24.0 Å². The van der Waals surface area contributed by atoms with Crippen LogP contribution in [0.5, 0.6) is 0 Å². The van der Waals surface area contributed by atoms with Gasteiger partial charge < -0.3 is 10.6 Å². The molecule has 0 spiro atoms. The SMILES string of the molecule is CC(C)C(=O)NCc1ccc(Cl)c(N=C2NC(=O)C(=Cc3ccc4ncccc4c3)S2)c1. The highest BCUT2D eigenvalue weighted by atomic mass is 35.5. The van der Waals surface area contributed by atoms with Gasteiger partial charge in [-0.3, -0.25) is 14.6 Å². The van der Waals surface area contributed by atoms with Gasteiger partial charge in [0.1, 0.15) is 0 Å². The number of thioether (sulfide) groups is 1. The van der Waals surface area contributed by atoms with E-state index in [2.05, 4.69) is 20.6 Å². The first-order valence-electron chi connectivity index (χ1n) is 10.1. The lowest BCUT2D eigenvalue weighted by Crippen LogP contribution is -2.27. The Kier molecular flexibility index (Phi) is 6.58. The van der Waals surface area contributed by atoms with Gasteiger partial charge in [-0.15, -0.1) is 0 Å². The van der Waals surface area contributed by atoms with Crippen LogP contribution in [0.15, 0.2) is 64.6 Å². The van der Waals surface area contributed by atoms with E-state index in [1.54, 1.807) is 18.3 Å². The summed E-state index contributed by atoms with van der Waals surface area (Å²) in [5.74, 6) is -0.321. The highest BCUT2D eigenvalue weighted by Gasteiger charge is 2.24. The molecule has 0 radical (unpaired) electrons. The molecule has 0 saturated carbocycles. The number of amidine groups is 1. The van der Waals surface area contributed by atoms with Gasteiger partial charge in [0.15, 0.2) is 5.17 Å². The van der Waals surface area contributed by atoms with Gasteiger partial charge in [-0.2, -0.15) is 0 Å². The molecule has 3 aromatic rings. The van der Waals surface area contributed by atoms with E-state index in [0.29, 0.717) is 27.3 Å². The van der Waals surface area contributed by atoms with Crippen LogP contribution in [0.3, 0.4) is 0 Å². The molecule has 4 rings (SSSR count). The van der Waals surface area contributed by atoms with E-state index in [4.69, 9.17) is 11.6 Å². The Bertz CT molecular complexity index is 1270. The third-order valence-corrected chi connectivity index (χ3v) is 6.03. The number of carbonyl (C=O) groups excluding carboxylic acids is 2. The van der Waals surface area contributed by atoms with Crippen molar-refractivity contribution < 1.29 is 9.59 Å². The normalized spacial score (nSPS) is 16.2. The fraction of sp³-hybridized carbons (Fsp3) is 0.167. The Balaban J connectivity index is 1.53. The minimum absolute atomic E-state index is 0.0225. The summed E-state index contributed by atoms with van der Waals surface area (Å²) in [4.78, 5) is 33.7. The Hall–Kier alpha value is -3.16. The van der Waals surface area contributed by atoms with Gasteiger partial charge in [-0.05, 0) is 59.3 Å². The molecule has 0 unspecified atom stereocenters. The lowest BCUT2D eigenvalue weighted by molar-refractivity contribution is -0.124. The number of hydrogen-bond donors (Lipinski definition) is 2. The number of hydrogen-bond acceptors (Lipinski definition) is 5. The number of fused-ring (bicyclic) bond motifs is 1. The monoisotopic (exact) mass is 464 g/mol. The summed E-state index contributed by atoms with van der Waals surface area (Å²) in [5, 5.41) is 7.58. The summed E-state index contributed by atoms with van der Waals surface area (Å²) >= 11 is 7.57. The number of carbonyl (C=O) groups is 2. The van der Waals surface area contributed by atoms with Crippen LogP contribution in [0.4, 0.5) is 5.69 Å². The molecule has 2 amide bonds. The fourth-order valence-electron chi connectivity index (χ4n) is 3.07. The molecular weight excluding hydrogens is 444 g/mol. The maximum atomic E-state index is 12.5. The zero-order chi connectivity index (χ0) is 22.7. The van der Waals surface area contributed by atoms with E-state index >= 15 is 0 Å². The van der Waals surface area contributed by atoms with Gasteiger partial charge in [-0.1, -0.05) is 43.6 Å². The minimum atomic E-state index is -0.212. The maximum Gasteiger partial charge on any atom is 0.264 e. The van der Waals surface area contributed by atoms with Gasteiger partial charge in [-0.25, -0.2) is 4.99 Å². The Morgan fingerprint density at radius 1 is 1.25 bits per heavy atom. The minimum Gasteiger partial charge on any atom is -0.352 e. The summed E-state index contributed by atoms with van der Waals surface area (Å²) in [6, 6.07) is 15.1. The quantitative estimate of drug-likeness (QED) is 0.517. The molecule has 1 saturated heterocycles. The molecule has 0 aliphatic carbocycles. The molecule has 1 fully saturated rings. The van der Waals surface area contributed by atoms with Gasteiger partial charge >= 0.3 is 0 Å². The van der Waals surface area contributed by atoms with Crippen LogP contribution in [-0.2, 0) is 16.1 Å². The van der Waals surface area contributed by atoms with Crippen molar-refractivity contribution in [2.24, 2.45) is 10.9 Å². The van der Waals surface area contributed by atoms with E-state index in [1.807, 2.05) is 56.3 Å². The largest absolute Gasteiger partial charge is 0.352 e. The molecule has 1 aliphatic rings. The van der Waals surface area contributed by atoms with Crippen LogP contribution in [0.25, 0.3) is 17.0 Å². The van der Waals surface area contributed by atoms with Crippen molar-refractivity contribution in [2.75, 3.05) is 0 Å². The first-order chi connectivity index (χ1) is 15.4. The van der Waals surface area contributed by atoms with Gasteiger partial charge in [0.25, 0.3) is 5.91 Å². The standard InChI is InChI=1S/C24H21ClN4O2S/c1-14(2)22(30)27-13-16-5-7-18(25)20(11-16)28-24-29-23(31)21(32-24)12-15-6-8-19-17(10-15)4-3-9-26-19/h3-12,14H,13H2,1-2H3,(H,27,30)(H,28,29,31). The van der Waals surface area contributed by atoms with Crippen molar-refractivity contribution in [1.29, 1.82) is 0 Å². The first-order valence-corrected chi connectivity index (χ1v) is 11.3. The zero-order valence-corrected chi connectivity index (χ0v) is 19.1. The summed E-state index contributed by atoms with van der Waals surface area (Å²) in [7, 11) is 0. The van der Waals surface area contributed by atoms with Crippen LogP contribution in [0.1, 0.15) is 25.0 Å². The average Bonchev–Trinajstić information content (AvgIpc) is 3.12. The van der Waals surface area contributed by atoms with Gasteiger partial charge in [0.2, 0.25) is 5.91 Å². The number of amides is 2. The summed E-state index contributed by atoms with van der Waals surface area (Å²) in [6.07, 6.45) is 3.58. The number of nitrogens with one attached hydrogen (secondary N) is 2. The molecule has 162 valence electrons. The van der Waals surface area contributed by atoms with Crippen molar-refractivity contribution in [1.82, 2.24) is 15.6 Å². The summed E-state index contributed by atoms with van der Waals surface area (Å²) < 4.78 is 0. The van der Waals surface area contributed by atoms with Crippen LogP contribution in [-0.4, -0.2) is 22.0 Å². The van der Waals surface area contributed by atoms with E-state index in [1.165, 1.54) is 11.8 Å². The van der Waals surface area contributed by atoms with E-state index in [9.17, 15) is 9.59 Å². The Morgan fingerprint density at radius 2 is 2.09 bits per heavy atom. The topological polar surface area (TPSA) is 83.5 Å². The number of benzene rings is 2. The van der Waals surface area contributed by atoms with Crippen LogP contribution < -0.4 is 10.6 Å². The molecule has 2 aromatic carbocycles. The highest BCUT2D eigenvalue weighted by Crippen LogP contribution is 2.32. The molecule has 2 N–H and O–H groups in total. The van der Waals surface area contributed by atoms with E-state index in [0.717, 1.165) is 22.0 Å². The van der Waals surface area contributed by atoms with Crippen LogP contribution >= 0.6 is 23.4 Å². The zero-order valence-electron chi connectivity index (χ0n) is 17.6. The Labute approximate surface area is 195 Å². The molecule has 1 aliphatic heterocycles. The number of aliphatic imine (C=N–C) groups is 1. The second-order valence-electron chi connectivity index (χ2n) is 7.60. The molecule has 6 nitrogen and oxygen atoms in total. The van der Waals surface area contributed by atoms with Crippen molar-refractivity contribution in [3.05, 3.63) is 75.8 Å². The van der Waals surface area contributed by atoms with Crippen LogP contribution in [0.2, 0.25) is 5.02 Å². The van der Waals surface area contributed by atoms with Crippen molar-refractivity contribution in [3.63, 3.8) is 0 Å². The lowest BCUT2D eigenvalue weighted by atomic mass is 10.1. The molecular formula is C24H21ClN4O2S. The predicted molar refractivity (Wildman–Crippen MR) is 131 cm³/mol. The number of pyridine rings is 1. The Morgan fingerprint density at radius 3 is 2.91 bits per heavy atom.